The van der Waals surface area contributed by atoms with Crippen LogP contribution in [0.3, 0.4) is 0 Å². The topological polar surface area (TPSA) is 63.5 Å². The molecule has 1 amide bonds. The van der Waals surface area contributed by atoms with Crippen molar-refractivity contribution >= 4 is 67.6 Å². The summed E-state index contributed by atoms with van der Waals surface area (Å²) in [5.74, 6) is -0.722. The molecule has 1 fully saturated rings. The van der Waals surface area contributed by atoms with Crippen molar-refractivity contribution in [2.45, 2.75) is 0 Å². The number of nitrogens with zero attached hydrogens (tertiary/aromatic N) is 2. The molecule has 0 aromatic heterocycles. The normalized spacial score (nSPS) is 15.9. The summed E-state index contributed by atoms with van der Waals surface area (Å²) < 4.78 is 13.9. The summed E-state index contributed by atoms with van der Waals surface area (Å²) in [5, 5.41) is 10.7. The Bertz CT molecular complexity index is 931. The van der Waals surface area contributed by atoms with Gasteiger partial charge in [-0.1, -0.05) is 30.0 Å². The van der Waals surface area contributed by atoms with E-state index in [-0.39, 0.29) is 11.6 Å². The second-order valence-corrected chi connectivity index (χ2v) is 7.49. The Morgan fingerprint density at radius 3 is 2.52 bits per heavy atom. The highest BCUT2D eigenvalue weighted by Crippen LogP contribution is 2.36. The second kappa shape index (κ2) is 7.03. The van der Waals surface area contributed by atoms with E-state index in [2.05, 4.69) is 15.9 Å². The molecule has 2 aromatic rings. The fourth-order valence-corrected chi connectivity index (χ4v) is 3.86. The summed E-state index contributed by atoms with van der Waals surface area (Å²) in [4.78, 5) is 24.5. The maximum absolute atomic E-state index is 13.3. The van der Waals surface area contributed by atoms with Crippen LogP contribution in [0.4, 0.5) is 15.8 Å². The molecular formula is C16H8BrFN2O3S2. The molecule has 3 rings (SSSR count). The highest BCUT2D eigenvalue weighted by molar-refractivity contribution is 9.10. The number of amides is 1. The molecule has 2 aromatic carbocycles. The second-order valence-electron chi connectivity index (χ2n) is 4.96. The molecule has 0 aliphatic carbocycles. The number of hydrogen-bond donors (Lipinski definition) is 0. The molecule has 1 aliphatic heterocycles. The van der Waals surface area contributed by atoms with Gasteiger partial charge in [-0.3, -0.25) is 19.8 Å². The molecule has 5 nitrogen and oxygen atoms in total. The number of rotatable bonds is 3. The van der Waals surface area contributed by atoms with Crippen LogP contribution in [0.15, 0.2) is 51.8 Å². The Balaban J connectivity index is 1.90. The fraction of sp³-hybridized carbons (Fsp3) is 0. The molecule has 1 saturated heterocycles. The maximum Gasteiger partial charge on any atom is 0.270 e. The molecule has 126 valence electrons. The molecule has 0 radical (unpaired) electrons. The van der Waals surface area contributed by atoms with E-state index in [1.165, 1.54) is 35.2 Å². The van der Waals surface area contributed by atoms with Crippen molar-refractivity contribution in [2.75, 3.05) is 4.90 Å². The van der Waals surface area contributed by atoms with Crippen molar-refractivity contribution in [2.24, 2.45) is 0 Å². The fourth-order valence-electron chi connectivity index (χ4n) is 2.17. The minimum Gasteiger partial charge on any atom is -0.268 e. The number of carbonyl (C=O) groups is 1. The van der Waals surface area contributed by atoms with Gasteiger partial charge in [0.2, 0.25) is 0 Å². The Kier molecular flexibility index (Phi) is 4.98. The van der Waals surface area contributed by atoms with E-state index in [4.69, 9.17) is 12.2 Å². The molecule has 9 heteroatoms. The third kappa shape index (κ3) is 3.63. The van der Waals surface area contributed by atoms with Crippen molar-refractivity contribution in [3.05, 3.63) is 73.3 Å². The number of non-ortho nitro benzene ring substituents is 1. The zero-order chi connectivity index (χ0) is 18.1. The van der Waals surface area contributed by atoms with Gasteiger partial charge in [0.15, 0.2) is 4.32 Å². The molecule has 0 N–H and O–H groups in total. The van der Waals surface area contributed by atoms with Crippen LogP contribution < -0.4 is 4.90 Å². The first kappa shape index (κ1) is 17.7. The van der Waals surface area contributed by atoms with Crippen LogP contribution in [0.5, 0.6) is 0 Å². The van der Waals surface area contributed by atoms with Crippen molar-refractivity contribution in [3.63, 3.8) is 0 Å². The minimum atomic E-state index is -0.514. The van der Waals surface area contributed by atoms with Gasteiger partial charge in [-0.25, -0.2) is 4.39 Å². The molecule has 1 aliphatic rings. The summed E-state index contributed by atoms with van der Waals surface area (Å²) >= 11 is 9.47. The molecule has 25 heavy (non-hydrogen) atoms. The minimum absolute atomic E-state index is 0.0686. The van der Waals surface area contributed by atoms with Gasteiger partial charge in [-0.15, -0.1) is 0 Å². The van der Waals surface area contributed by atoms with Crippen LogP contribution in [-0.4, -0.2) is 15.2 Å². The Morgan fingerprint density at radius 2 is 1.92 bits per heavy atom. The lowest BCUT2D eigenvalue weighted by molar-refractivity contribution is -0.384. The molecule has 1 heterocycles. The van der Waals surface area contributed by atoms with Crippen molar-refractivity contribution in [1.29, 1.82) is 0 Å². The molecule has 0 bridgehead atoms. The van der Waals surface area contributed by atoms with Crippen LogP contribution in [0, 0.1) is 15.9 Å². The van der Waals surface area contributed by atoms with Gasteiger partial charge in [0.05, 0.1) is 20.0 Å². The number of halogens is 2. The molecule has 0 unspecified atom stereocenters. The number of thiocarbonyl (C=S) groups is 1. The molecular weight excluding hydrogens is 431 g/mol. The lowest BCUT2D eigenvalue weighted by Crippen LogP contribution is -2.27. The first-order chi connectivity index (χ1) is 11.9. The van der Waals surface area contributed by atoms with Crippen molar-refractivity contribution < 1.29 is 14.1 Å². The van der Waals surface area contributed by atoms with Crippen LogP contribution in [0.2, 0.25) is 0 Å². The van der Waals surface area contributed by atoms with Gasteiger partial charge in [-0.2, -0.15) is 0 Å². The van der Waals surface area contributed by atoms with Crippen LogP contribution in [0.1, 0.15) is 5.56 Å². The van der Waals surface area contributed by atoms with Crippen LogP contribution in [-0.2, 0) is 4.79 Å². The average Bonchev–Trinajstić information content (AvgIpc) is 2.85. The Hall–Kier alpha value is -2.10. The molecule has 0 spiro atoms. The van der Waals surface area contributed by atoms with Gasteiger partial charge in [0.1, 0.15) is 5.82 Å². The summed E-state index contributed by atoms with van der Waals surface area (Å²) in [6.07, 6.45) is 1.62. The number of benzene rings is 2. The van der Waals surface area contributed by atoms with Gasteiger partial charge in [-0.05, 0) is 51.8 Å². The van der Waals surface area contributed by atoms with E-state index < -0.39 is 10.7 Å². The van der Waals surface area contributed by atoms with Crippen molar-refractivity contribution in [3.8, 4) is 0 Å². The van der Waals surface area contributed by atoms with Gasteiger partial charge in [0.25, 0.3) is 11.6 Å². The zero-order valence-electron chi connectivity index (χ0n) is 12.3. The van der Waals surface area contributed by atoms with E-state index in [0.717, 1.165) is 11.8 Å². The molecule has 0 saturated carbocycles. The standard InChI is InChI=1S/C16H8BrFN2O3S2/c17-12-7-9(1-6-13(12)18)8-14-15(21)19(16(24)25-14)10-2-4-11(5-3-10)20(22)23/h1-8H/b14-8-. The first-order valence-electron chi connectivity index (χ1n) is 6.84. The third-order valence-corrected chi connectivity index (χ3v) is 5.26. The summed E-state index contributed by atoms with van der Waals surface area (Å²) in [6, 6.07) is 9.99. The lowest BCUT2D eigenvalue weighted by Gasteiger charge is -2.13. The number of nitro benzene ring substituents is 1. The van der Waals surface area contributed by atoms with E-state index in [1.54, 1.807) is 18.2 Å². The van der Waals surface area contributed by atoms with E-state index in [0.29, 0.717) is 24.9 Å². The average molecular weight is 439 g/mol. The number of carbonyl (C=O) groups excluding carboxylic acids is 1. The lowest BCUT2D eigenvalue weighted by atomic mass is 10.2. The van der Waals surface area contributed by atoms with Crippen molar-refractivity contribution in [1.82, 2.24) is 0 Å². The Labute approximate surface area is 159 Å². The number of thioether (sulfide) groups is 1. The van der Waals surface area contributed by atoms with E-state index >= 15 is 0 Å². The number of anilines is 1. The molecule has 0 atom stereocenters. The summed E-state index contributed by atoms with van der Waals surface area (Å²) in [7, 11) is 0. The smallest absolute Gasteiger partial charge is 0.268 e. The highest BCUT2D eigenvalue weighted by atomic mass is 79.9. The third-order valence-electron chi connectivity index (χ3n) is 3.35. The number of hydrogen-bond acceptors (Lipinski definition) is 5. The number of nitro groups is 1. The van der Waals surface area contributed by atoms with E-state index in [9.17, 15) is 19.3 Å². The monoisotopic (exact) mass is 438 g/mol. The van der Waals surface area contributed by atoms with Gasteiger partial charge in [0, 0.05) is 12.1 Å². The largest absolute Gasteiger partial charge is 0.270 e. The predicted molar refractivity (Wildman–Crippen MR) is 103 cm³/mol. The van der Waals surface area contributed by atoms with Crippen LogP contribution in [0.25, 0.3) is 6.08 Å². The van der Waals surface area contributed by atoms with E-state index in [1.807, 2.05) is 0 Å². The van der Waals surface area contributed by atoms with Crippen LogP contribution >= 0.6 is 39.9 Å². The van der Waals surface area contributed by atoms with Gasteiger partial charge >= 0.3 is 0 Å². The quantitative estimate of drug-likeness (QED) is 0.295. The zero-order valence-corrected chi connectivity index (χ0v) is 15.5. The highest BCUT2D eigenvalue weighted by Gasteiger charge is 2.33. The first-order valence-corrected chi connectivity index (χ1v) is 8.86. The Morgan fingerprint density at radius 1 is 1.24 bits per heavy atom. The summed E-state index contributed by atoms with van der Waals surface area (Å²) in [5.41, 5.74) is 1.04. The predicted octanol–water partition coefficient (Wildman–Crippen LogP) is 4.90. The maximum atomic E-state index is 13.3. The summed E-state index contributed by atoms with van der Waals surface area (Å²) in [6.45, 7) is 0. The SMILES string of the molecule is O=C1/C(=C/c2ccc(F)c(Br)c2)SC(=S)N1c1ccc([N+](=O)[O-])cc1. The van der Waals surface area contributed by atoms with Gasteiger partial charge < -0.3 is 0 Å².